The van der Waals surface area contributed by atoms with Crippen molar-refractivity contribution in [1.29, 1.82) is 0 Å². The van der Waals surface area contributed by atoms with Crippen LogP contribution in [0.2, 0.25) is 0 Å². The number of carbonyl (C=O) groups excluding carboxylic acids is 1. The number of Topliss-reactive ketones (excluding diaryl/α,β-unsaturated/α-hetero) is 1. The van der Waals surface area contributed by atoms with Crippen molar-refractivity contribution in [2.75, 3.05) is 20.2 Å². The van der Waals surface area contributed by atoms with Gasteiger partial charge in [0.2, 0.25) is 0 Å². The lowest BCUT2D eigenvalue weighted by Crippen LogP contribution is -2.32. The van der Waals surface area contributed by atoms with Crippen molar-refractivity contribution in [1.82, 2.24) is 5.32 Å². The number of aryl methyl sites for hydroxylation is 1. The maximum Gasteiger partial charge on any atom is 0.170 e. The molecule has 0 atom stereocenters. The molecular formula is C15H20BrNO2. The molecule has 0 spiro atoms. The summed E-state index contributed by atoms with van der Waals surface area (Å²) in [7, 11) is 1.63. The third-order valence-electron chi connectivity index (χ3n) is 3.82. The van der Waals surface area contributed by atoms with Gasteiger partial charge < -0.3 is 10.1 Å². The normalized spacial score (nSPS) is 16.4. The van der Waals surface area contributed by atoms with E-state index >= 15 is 0 Å². The van der Waals surface area contributed by atoms with Gasteiger partial charge in [-0.05, 0) is 57.0 Å². The SMILES string of the molecule is COc1c(C)cc(Br)c(C)c1C(=O)C1CCNCC1. The van der Waals surface area contributed by atoms with E-state index in [1.54, 1.807) is 7.11 Å². The monoisotopic (exact) mass is 325 g/mol. The predicted molar refractivity (Wildman–Crippen MR) is 80.1 cm³/mol. The maximum absolute atomic E-state index is 12.8. The van der Waals surface area contributed by atoms with E-state index in [9.17, 15) is 4.79 Å². The summed E-state index contributed by atoms with van der Waals surface area (Å²) in [6.07, 6.45) is 1.82. The van der Waals surface area contributed by atoms with Crippen LogP contribution in [0.25, 0.3) is 0 Å². The van der Waals surface area contributed by atoms with E-state index in [0.29, 0.717) is 0 Å². The van der Waals surface area contributed by atoms with Crippen LogP contribution in [0.4, 0.5) is 0 Å². The van der Waals surface area contributed by atoms with Gasteiger partial charge in [0.1, 0.15) is 5.75 Å². The van der Waals surface area contributed by atoms with Crippen LogP contribution >= 0.6 is 15.9 Å². The highest BCUT2D eigenvalue weighted by atomic mass is 79.9. The van der Waals surface area contributed by atoms with Crippen LogP contribution in [0.15, 0.2) is 10.5 Å². The summed E-state index contributed by atoms with van der Waals surface area (Å²) >= 11 is 3.53. The van der Waals surface area contributed by atoms with Crippen molar-refractivity contribution in [3.8, 4) is 5.75 Å². The Balaban J connectivity index is 2.44. The first-order valence-corrected chi connectivity index (χ1v) is 7.44. The summed E-state index contributed by atoms with van der Waals surface area (Å²) in [5.41, 5.74) is 2.73. The minimum Gasteiger partial charge on any atom is -0.496 e. The second-order valence-electron chi connectivity index (χ2n) is 5.10. The standard InChI is InChI=1S/C15H20BrNO2/c1-9-8-12(16)10(2)13(15(9)19-3)14(18)11-4-6-17-7-5-11/h8,11,17H,4-7H2,1-3H3. The third kappa shape index (κ3) is 2.84. The number of nitrogens with one attached hydrogen (secondary N) is 1. The van der Waals surface area contributed by atoms with Gasteiger partial charge >= 0.3 is 0 Å². The van der Waals surface area contributed by atoms with E-state index in [1.165, 1.54) is 0 Å². The average molecular weight is 326 g/mol. The highest BCUT2D eigenvalue weighted by Gasteiger charge is 2.27. The van der Waals surface area contributed by atoms with Crippen LogP contribution in [-0.4, -0.2) is 26.0 Å². The molecule has 0 aromatic heterocycles. The molecule has 3 nitrogen and oxygen atoms in total. The first kappa shape index (κ1) is 14.5. The molecule has 1 heterocycles. The second-order valence-corrected chi connectivity index (χ2v) is 5.95. The number of ketones is 1. The lowest BCUT2D eigenvalue weighted by atomic mass is 9.86. The zero-order chi connectivity index (χ0) is 14.0. The molecule has 1 fully saturated rings. The molecule has 1 aliphatic heterocycles. The predicted octanol–water partition coefficient (Wildman–Crippen LogP) is 3.26. The number of methoxy groups -OCH3 is 1. The Labute approximate surface area is 122 Å². The molecule has 1 aromatic carbocycles. The zero-order valence-electron chi connectivity index (χ0n) is 11.7. The molecule has 1 aliphatic rings. The van der Waals surface area contributed by atoms with Crippen molar-refractivity contribution < 1.29 is 9.53 Å². The minimum atomic E-state index is 0.113. The van der Waals surface area contributed by atoms with E-state index in [0.717, 1.165) is 52.8 Å². The minimum absolute atomic E-state index is 0.113. The van der Waals surface area contributed by atoms with E-state index in [4.69, 9.17) is 4.74 Å². The molecule has 104 valence electrons. The van der Waals surface area contributed by atoms with E-state index in [-0.39, 0.29) is 11.7 Å². The fourth-order valence-electron chi connectivity index (χ4n) is 2.70. The maximum atomic E-state index is 12.8. The van der Waals surface area contributed by atoms with Gasteiger partial charge in [0.05, 0.1) is 12.7 Å². The molecule has 0 aliphatic carbocycles. The van der Waals surface area contributed by atoms with Crippen molar-refractivity contribution in [3.63, 3.8) is 0 Å². The summed E-state index contributed by atoms with van der Waals surface area (Å²) in [6, 6.07) is 2.01. The molecular weight excluding hydrogens is 306 g/mol. The third-order valence-corrected chi connectivity index (χ3v) is 4.65. The Kier molecular flexibility index (Phi) is 4.63. The number of rotatable bonds is 3. The topological polar surface area (TPSA) is 38.3 Å². The first-order chi connectivity index (χ1) is 9.06. The number of hydrogen-bond acceptors (Lipinski definition) is 3. The molecule has 19 heavy (non-hydrogen) atoms. The van der Waals surface area contributed by atoms with E-state index in [1.807, 2.05) is 19.9 Å². The fourth-order valence-corrected chi connectivity index (χ4v) is 3.24. The summed E-state index contributed by atoms with van der Waals surface area (Å²) in [4.78, 5) is 12.8. The number of hydrogen-bond donors (Lipinski definition) is 1. The van der Waals surface area contributed by atoms with Crippen molar-refractivity contribution in [2.45, 2.75) is 26.7 Å². The lowest BCUT2D eigenvalue weighted by molar-refractivity contribution is 0.0891. The van der Waals surface area contributed by atoms with Gasteiger partial charge in [0.25, 0.3) is 0 Å². The van der Waals surface area contributed by atoms with Gasteiger partial charge in [0, 0.05) is 10.4 Å². The van der Waals surface area contributed by atoms with Crippen LogP contribution in [-0.2, 0) is 0 Å². The number of benzene rings is 1. The zero-order valence-corrected chi connectivity index (χ0v) is 13.3. The molecule has 0 saturated carbocycles. The van der Waals surface area contributed by atoms with Gasteiger partial charge in [0.15, 0.2) is 5.78 Å². The number of ether oxygens (including phenoxy) is 1. The average Bonchev–Trinajstić information content (AvgIpc) is 2.42. The molecule has 1 N–H and O–H groups in total. The summed E-state index contributed by atoms with van der Waals surface area (Å²) < 4.78 is 6.44. The van der Waals surface area contributed by atoms with Crippen LogP contribution in [0.3, 0.4) is 0 Å². The first-order valence-electron chi connectivity index (χ1n) is 6.65. The number of piperidine rings is 1. The molecule has 0 amide bonds. The highest BCUT2D eigenvalue weighted by Crippen LogP contribution is 2.35. The van der Waals surface area contributed by atoms with Crippen molar-refractivity contribution in [2.24, 2.45) is 5.92 Å². The van der Waals surface area contributed by atoms with Gasteiger partial charge in [-0.2, -0.15) is 0 Å². The Morgan fingerprint density at radius 3 is 2.58 bits per heavy atom. The van der Waals surface area contributed by atoms with Gasteiger partial charge in [-0.25, -0.2) is 0 Å². The molecule has 1 saturated heterocycles. The smallest absolute Gasteiger partial charge is 0.170 e. The summed E-state index contributed by atoms with van der Waals surface area (Å²) in [5, 5.41) is 3.29. The quantitative estimate of drug-likeness (QED) is 0.867. The molecule has 1 aromatic rings. The molecule has 0 unspecified atom stereocenters. The Morgan fingerprint density at radius 2 is 2.00 bits per heavy atom. The Morgan fingerprint density at radius 1 is 1.37 bits per heavy atom. The lowest BCUT2D eigenvalue weighted by Gasteiger charge is -2.24. The molecule has 0 bridgehead atoms. The highest BCUT2D eigenvalue weighted by molar-refractivity contribution is 9.10. The Hall–Kier alpha value is -0.870. The van der Waals surface area contributed by atoms with Crippen LogP contribution in [0, 0.1) is 19.8 Å². The van der Waals surface area contributed by atoms with Crippen molar-refractivity contribution in [3.05, 3.63) is 27.2 Å². The van der Waals surface area contributed by atoms with Crippen molar-refractivity contribution >= 4 is 21.7 Å². The van der Waals surface area contributed by atoms with Crippen LogP contribution in [0.1, 0.15) is 34.3 Å². The Bertz CT molecular complexity index is 493. The van der Waals surface area contributed by atoms with E-state index < -0.39 is 0 Å². The largest absolute Gasteiger partial charge is 0.496 e. The van der Waals surface area contributed by atoms with Gasteiger partial charge in [-0.3, -0.25) is 4.79 Å². The fraction of sp³-hybridized carbons (Fsp3) is 0.533. The van der Waals surface area contributed by atoms with Crippen LogP contribution < -0.4 is 10.1 Å². The second kappa shape index (κ2) is 6.06. The van der Waals surface area contributed by atoms with Gasteiger partial charge in [-0.1, -0.05) is 15.9 Å². The summed E-state index contributed by atoms with van der Waals surface area (Å²) in [5.74, 6) is 1.06. The van der Waals surface area contributed by atoms with Crippen LogP contribution in [0.5, 0.6) is 5.75 Å². The number of halogens is 1. The summed E-state index contributed by atoms with van der Waals surface area (Å²) in [6.45, 7) is 5.79. The number of carbonyl (C=O) groups is 1. The molecule has 0 radical (unpaired) electrons. The van der Waals surface area contributed by atoms with E-state index in [2.05, 4.69) is 21.2 Å². The molecule has 2 rings (SSSR count). The van der Waals surface area contributed by atoms with Gasteiger partial charge in [-0.15, -0.1) is 0 Å². The molecule has 4 heteroatoms.